The van der Waals surface area contributed by atoms with Gasteiger partial charge in [-0.05, 0) is 37.1 Å². The summed E-state index contributed by atoms with van der Waals surface area (Å²) < 4.78 is 0. The molecule has 4 heteroatoms. The molecule has 1 aliphatic carbocycles. The van der Waals surface area contributed by atoms with Crippen molar-refractivity contribution in [2.24, 2.45) is 5.92 Å². The Bertz CT molecular complexity index is 416. The molecule has 1 aromatic carbocycles. The Labute approximate surface area is 119 Å². The zero-order valence-electron chi connectivity index (χ0n) is 11.1. The van der Waals surface area contributed by atoms with Crippen LogP contribution in [0.1, 0.15) is 32.1 Å². The fraction of sp³-hybridized carbons (Fsp3) is 0.533. The first-order valence-corrected chi connectivity index (χ1v) is 7.38. The summed E-state index contributed by atoms with van der Waals surface area (Å²) in [4.78, 5) is 11.7. The predicted molar refractivity (Wildman–Crippen MR) is 79.5 cm³/mol. The molecule has 0 heterocycles. The average Bonchev–Trinajstić information content (AvgIpc) is 2.88. The number of anilines is 1. The van der Waals surface area contributed by atoms with Crippen LogP contribution in [-0.4, -0.2) is 19.0 Å². The van der Waals surface area contributed by atoms with E-state index >= 15 is 0 Å². The lowest BCUT2D eigenvalue weighted by molar-refractivity contribution is -0.115. The van der Waals surface area contributed by atoms with Gasteiger partial charge in [-0.25, -0.2) is 0 Å². The Morgan fingerprint density at radius 2 is 2.11 bits per heavy atom. The van der Waals surface area contributed by atoms with Gasteiger partial charge in [0.15, 0.2) is 0 Å². The summed E-state index contributed by atoms with van der Waals surface area (Å²) in [7, 11) is 0. The van der Waals surface area contributed by atoms with Crippen LogP contribution >= 0.6 is 11.6 Å². The van der Waals surface area contributed by atoms with E-state index in [1.165, 1.54) is 32.1 Å². The third-order valence-electron chi connectivity index (χ3n) is 3.60. The van der Waals surface area contributed by atoms with E-state index in [2.05, 4.69) is 10.6 Å². The number of carbonyl (C=O) groups excluding carboxylic acids is 1. The van der Waals surface area contributed by atoms with Gasteiger partial charge in [0.2, 0.25) is 5.91 Å². The number of rotatable bonds is 6. The van der Waals surface area contributed by atoms with Crippen LogP contribution in [0.2, 0.25) is 5.02 Å². The quantitative estimate of drug-likeness (QED) is 0.784. The third-order valence-corrected chi connectivity index (χ3v) is 3.83. The van der Waals surface area contributed by atoms with E-state index in [4.69, 9.17) is 11.6 Å². The summed E-state index contributed by atoms with van der Waals surface area (Å²) in [5.74, 6) is 0.845. The van der Waals surface area contributed by atoms with Gasteiger partial charge in [-0.3, -0.25) is 4.79 Å². The molecule has 0 radical (unpaired) electrons. The SMILES string of the molecule is O=C(CNCCC1CCCC1)Nc1cccc(Cl)c1. The Morgan fingerprint density at radius 3 is 2.84 bits per heavy atom. The molecule has 1 saturated carbocycles. The largest absolute Gasteiger partial charge is 0.325 e. The highest BCUT2D eigenvalue weighted by atomic mass is 35.5. The second kappa shape index (κ2) is 7.51. The topological polar surface area (TPSA) is 41.1 Å². The minimum Gasteiger partial charge on any atom is -0.325 e. The Balaban J connectivity index is 1.61. The Kier molecular flexibility index (Phi) is 5.67. The standard InChI is InChI=1S/C15H21ClN2O/c16-13-6-3-7-14(10-13)18-15(19)11-17-9-8-12-4-1-2-5-12/h3,6-7,10,12,17H,1-2,4-5,8-9,11H2,(H,18,19). The van der Waals surface area contributed by atoms with E-state index in [0.29, 0.717) is 11.6 Å². The summed E-state index contributed by atoms with van der Waals surface area (Å²) in [6.07, 6.45) is 6.65. The molecule has 3 nitrogen and oxygen atoms in total. The first-order chi connectivity index (χ1) is 9.24. The van der Waals surface area contributed by atoms with Crippen molar-refractivity contribution < 1.29 is 4.79 Å². The maximum atomic E-state index is 11.7. The zero-order chi connectivity index (χ0) is 13.5. The molecule has 1 aliphatic rings. The number of hydrogen-bond donors (Lipinski definition) is 2. The lowest BCUT2D eigenvalue weighted by Crippen LogP contribution is -2.29. The highest BCUT2D eigenvalue weighted by Crippen LogP contribution is 2.26. The van der Waals surface area contributed by atoms with Crippen LogP contribution in [0.3, 0.4) is 0 Å². The molecule has 2 rings (SSSR count). The molecular weight excluding hydrogens is 260 g/mol. The number of nitrogens with one attached hydrogen (secondary N) is 2. The van der Waals surface area contributed by atoms with Crippen molar-refractivity contribution in [2.45, 2.75) is 32.1 Å². The maximum Gasteiger partial charge on any atom is 0.238 e. The molecule has 0 bridgehead atoms. The van der Waals surface area contributed by atoms with Crippen LogP contribution in [0.5, 0.6) is 0 Å². The molecule has 0 atom stereocenters. The second-order valence-corrected chi connectivity index (χ2v) is 5.61. The van der Waals surface area contributed by atoms with E-state index in [1.54, 1.807) is 12.1 Å². The molecule has 1 aromatic rings. The molecular formula is C15H21ClN2O. The van der Waals surface area contributed by atoms with Gasteiger partial charge in [0, 0.05) is 10.7 Å². The number of hydrogen-bond acceptors (Lipinski definition) is 2. The van der Waals surface area contributed by atoms with Crippen LogP contribution in [0.4, 0.5) is 5.69 Å². The van der Waals surface area contributed by atoms with E-state index < -0.39 is 0 Å². The van der Waals surface area contributed by atoms with Gasteiger partial charge in [0.25, 0.3) is 0 Å². The minimum absolute atomic E-state index is 0.0197. The molecule has 0 unspecified atom stereocenters. The van der Waals surface area contributed by atoms with Crippen molar-refractivity contribution in [2.75, 3.05) is 18.4 Å². The van der Waals surface area contributed by atoms with Crippen molar-refractivity contribution in [1.29, 1.82) is 0 Å². The first kappa shape index (κ1) is 14.4. The zero-order valence-corrected chi connectivity index (χ0v) is 11.9. The lowest BCUT2D eigenvalue weighted by Gasteiger charge is -2.10. The molecule has 0 saturated heterocycles. The molecule has 1 fully saturated rings. The predicted octanol–water partition coefficient (Wildman–Crippen LogP) is 3.45. The fourth-order valence-electron chi connectivity index (χ4n) is 2.58. The van der Waals surface area contributed by atoms with Crippen molar-refractivity contribution in [3.8, 4) is 0 Å². The number of halogens is 1. The van der Waals surface area contributed by atoms with E-state index in [1.807, 2.05) is 12.1 Å². The summed E-state index contributed by atoms with van der Waals surface area (Å²) in [5.41, 5.74) is 0.745. The molecule has 1 amide bonds. The van der Waals surface area contributed by atoms with Gasteiger partial charge >= 0.3 is 0 Å². The van der Waals surface area contributed by atoms with E-state index in [0.717, 1.165) is 18.2 Å². The molecule has 0 aliphatic heterocycles. The van der Waals surface area contributed by atoms with Crippen molar-refractivity contribution in [3.05, 3.63) is 29.3 Å². The smallest absolute Gasteiger partial charge is 0.238 e. The molecule has 2 N–H and O–H groups in total. The number of carbonyl (C=O) groups is 1. The van der Waals surface area contributed by atoms with Crippen LogP contribution < -0.4 is 10.6 Å². The number of amides is 1. The van der Waals surface area contributed by atoms with Crippen molar-refractivity contribution in [3.63, 3.8) is 0 Å². The van der Waals surface area contributed by atoms with Gasteiger partial charge in [-0.2, -0.15) is 0 Å². The summed E-state index contributed by atoms with van der Waals surface area (Å²) in [5, 5.41) is 6.66. The van der Waals surface area contributed by atoms with Gasteiger partial charge in [0.05, 0.1) is 6.54 Å². The first-order valence-electron chi connectivity index (χ1n) is 7.00. The fourth-order valence-corrected chi connectivity index (χ4v) is 2.77. The van der Waals surface area contributed by atoms with E-state index in [-0.39, 0.29) is 5.91 Å². The van der Waals surface area contributed by atoms with Gasteiger partial charge in [-0.15, -0.1) is 0 Å². The summed E-state index contributed by atoms with van der Waals surface area (Å²) in [6.45, 7) is 1.28. The highest BCUT2D eigenvalue weighted by Gasteiger charge is 2.14. The Hall–Kier alpha value is -1.06. The van der Waals surface area contributed by atoms with Crippen LogP contribution in [0.25, 0.3) is 0 Å². The summed E-state index contributed by atoms with van der Waals surface area (Å²) in [6, 6.07) is 7.20. The average molecular weight is 281 g/mol. The van der Waals surface area contributed by atoms with Crippen LogP contribution in [0, 0.1) is 5.92 Å². The van der Waals surface area contributed by atoms with Crippen LogP contribution in [0.15, 0.2) is 24.3 Å². The maximum absolute atomic E-state index is 11.7. The third kappa shape index (κ3) is 5.21. The summed E-state index contributed by atoms with van der Waals surface area (Å²) >= 11 is 5.86. The van der Waals surface area contributed by atoms with Crippen molar-refractivity contribution >= 4 is 23.2 Å². The van der Waals surface area contributed by atoms with Gasteiger partial charge in [-0.1, -0.05) is 43.4 Å². The lowest BCUT2D eigenvalue weighted by atomic mass is 10.0. The molecule has 0 aromatic heterocycles. The van der Waals surface area contributed by atoms with Gasteiger partial charge < -0.3 is 10.6 Å². The highest BCUT2D eigenvalue weighted by molar-refractivity contribution is 6.30. The second-order valence-electron chi connectivity index (χ2n) is 5.17. The van der Waals surface area contributed by atoms with E-state index in [9.17, 15) is 4.79 Å². The van der Waals surface area contributed by atoms with Gasteiger partial charge in [0.1, 0.15) is 0 Å². The van der Waals surface area contributed by atoms with Crippen LogP contribution in [-0.2, 0) is 4.79 Å². The Morgan fingerprint density at radius 1 is 1.32 bits per heavy atom. The molecule has 104 valence electrons. The normalized spacial score (nSPS) is 15.6. The minimum atomic E-state index is -0.0197. The van der Waals surface area contributed by atoms with Crippen molar-refractivity contribution in [1.82, 2.24) is 5.32 Å². The monoisotopic (exact) mass is 280 g/mol. The molecule has 19 heavy (non-hydrogen) atoms. The molecule has 0 spiro atoms. The number of benzene rings is 1.